The monoisotopic (exact) mass is 262 g/mol. The molecule has 92 valence electrons. The first kappa shape index (κ1) is 12.5. The van der Waals surface area contributed by atoms with Crippen molar-refractivity contribution >= 4 is 17.6 Å². The van der Waals surface area contributed by atoms with E-state index in [1.165, 1.54) is 0 Å². The number of halogens is 1. The number of benzene rings is 2. The summed E-state index contributed by atoms with van der Waals surface area (Å²) in [6, 6.07) is 13.7. The number of carboxylic acid groups (broad SMARTS) is 1. The van der Waals surface area contributed by atoms with Crippen LogP contribution < -0.4 is 4.74 Å². The van der Waals surface area contributed by atoms with Gasteiger partial charge in [-0.25, -0.2) is 4.79 Å². The first-order valence-corrected chi connectivity index (χ1v) is 5.73. The van der Waals surface area contributed by atoms with Crippen LogP contribution in [0.2, 0.25) is 5.02 Å². The molecular weight excluding hydrogens is 252 g/mol. The number of aromatic carboxylic acids is 1. The third-order valence-electron chi connectivity index (χ3n) is 2.38. The average molecular weight is 263 g/mol. The molecule has 0 amide bonds. The van der Waals surface area contributed by atoms with Gasteiger partial charge in [-0.3, -0.25) is 0 Å². The van der Waals surface area contributed by atoms with Gasteiger partial charge < -0.3 is 9.84 Å². The van der Waals surface area contributed by atoms with Crippen LogP contribution in [0.1, 0.15) is 15.9 Å². The lowest BCUT2D eigenvalue weighted by Crippen LogP contribution is -2.00. The number of hydrogen-bond donors (Lipinski definition) is 1. The number of carbonyl (C=O) groups is 1. The Morgan fingerprint density at radius 2 is 1.94 bits per heavy atom. The molecule has 0 radical (unpaired) electrons. The predicted octanol–water partition coefficient (Wildman–Crippen LogP) is 3.62. The first-order valence-electron chi connectivity index (χ1n) is 5.36. The second-order valence-electron chi connectivity index (χ2n) is 3.75. The van der Waals surface area contributed by atoms with E-state index in [-0.39, 0.29) is 5.56 Å². The minimum absolute atomic E-state index is 0.252. The van der Waals surface area contributed by atoms with Crippen LogP contribution in [0.5, 0.6) is 5.75 Å². The molecule has 0 aliphatic rings. The molecule has 0 fully saturated rings. The van der Waals surface area contributed by atoms with Crippen LogP contribution in [-0.4, -0.2) is 11.1 Å². The van der Waals surface area contributed by atoms with E-state index in [1.807, 2.05) is 6.07 Å². The van der Waals surface area contributed by atoms with Crippen LogP contribution in [0.3, 0.4) is 0 Å². The zero-order valence-electron chi connectivity index (χ0n) is 9.47. The highest BCUT2D eigenvalue weighted by Gasteiger charge is 2.03. The summed E-state index contributed by atoms with van der Waals surface area (Å²) in [7, 11) is 0. The predicted molar refractivity (Wildman–Crippen MR) is 69.2 cm³/mol. The molecule has 18 heavy (non-hydrogen) atoms. The van der Waals surface area contributed by atoms with Gasteiger partial charge in [-0.15, -0.1) is 0 Å². The van der Waals surface area contributed by atoms with Crippen molar-refractivity contribution in [3.05, 3.63) is 64.7 Å². The molecule has 0 spiro atoms. The molecule has 0 aromatic heterocycles. The van der Waals surface area contributed by atoms with Crippen LogP contribution in [-0.2, 0) is 6.61 Å². The second kappa shape index (κ2) is 5.56. The van der Waals surface area contributed by atoms with Gasteiger partial charge in [-0.1, -0.05) is 29.8 Å². The second-order valence-corrected chi connectivity index (χ2v) is 4.19. The summed E-state index contributed by atoms with van der Waals surface area (Å²) in [5.41, 5.74) is 1.05. The highest BCUT2D eigenvalue weighted by atomic mass is 35.5. The van der Waals surface area contributed by atoms with Crippen LogP contribution in [0, 0.1) is 0 Å². The standard InChI is InChI=1S/C14H11ClO3/c15-12-5-2-6-13(8-12)18-9-10-3-1-4-11(7-10)14(16)17/h1-8H,9H2,(H,16,17). The fraction of sp³-hybridized carbons (Fsp3) is 0.0714. The van der Waals surface area contributed by atoms with Crippen LogP contribution in [0.15, 0.2) is 48.5 Å². The van der Waals surface area contributed by atoms with E-state index in [0.29, 0.717) is 17.4 Å². The lowest BCUT2D eigenvalue weighted by atomic mass is 10.1. The van der Waals surface area contributed by atoms with Crippen molar-refractivity contribution in [3.63, 3.8) is 0 Å². The van der Waals surface area contributed by atoms with Crippen LogP contribution in [0.25, 0.3) is 0 Å². The zero-order valence-corrected chi connectivity index (χ0v) is 10.2. The summed E-state index contributed by atoms with van der Waals surface area (Å²) < 4.78 is 5.53. The first-order chi connectivity index (χ1) is 8.65. The van der Waals surface area contributed by atoms with Gasteiger partial charge in [-0.05, 0) is 35.9 Å². The molecular formula is C14H11ClO3. The minimum atomic E-state index is -0.945. The molecule has 0 saturated heterocycles. The molecule has 0 atom stereocenters. The van der Waals surface area contributed by atoms with Crippen LogP contribution in [0.4, 0.5) is 0 Å². The fourth-order valence-electron chi connectivity index (χ4n) is 1.52. The smallest absolute Gasteiger partial charge is 0.335 e. The molecule has 0 aliphatic heterocycles. The summed E-state index contributed by atoms with van der Waals surface area (Å²) in [6.07, 6.45) is 0. The molecule has 0 unspecified atom stereocenters. The molecule has 2 aromatic rings. The van der Waals surface area contributed by atoms with Crippen molar-refractivity contribution in [3.8, 4) is 5.75 Å². The summed E-state index contributed by atoms with van der Waals surface area (Å²) >= 11 is 5.84. The van der Waals surface area contributed by atoms with Gasteiger partial charge in [0.05, 0.1) is 5.56 Å². The minimum Gasteiger partial charge on any atom is -0.489 e. The Balaban J connectivity index is 2.06. The van der Waals surface area contributed by atoms with Gasteiger partial charge in [0.15, 0.2) is 0 Å². The van der Waals surface area contributed by atoms with Crippen molar-refractivity contribution in [1.82, 2.24) is 0 Å². The third kappa shape index (κ3) is 3.25. The van der Waals surface area contributed by atoms with Gasteiger partial charge >= 0.3 is 5.97 Å². The van der Waals surface area contributed by atoms with Crippen LogP contribution >= 0.6 is 11.6 Å². The van der Waals surface area contributed by atoms with Gasteiger partial charge in [0.1, 0.15) is 12.4 Å². The van der Waals surface area contributed by atoms with Gasteiger partial charge in [0, 0.05) is 5.02 Å². The fourth-order valence-corrected chi connectivity index (χ4v) is 1.70. The molecule has 0 heterocycles. The lowest BCUT2D eigenvalue weighted by molar-refractivity contribution is 0.0696. The molecule has 2 rings (SSSR count). The highest BCUT2D eigenvalue weighted by Crippen LogP contribution is 2.18. The van der Waals surface area contributed by atoms with Gasteiger partial charge in [0.2, 0.25) is 0 Å². The van der Waals surface area contributed by atoms with E-state index in [2.05, 4.69) is 0 Å². The van der Waals surface area contributed by atoms with Crippen molar-refractivity contribution in [2.45, 2.75) is 6.61 Å². The largest absolute Gasteiger partial charge is 0.489 e. The van der Waals surface area contributed by atoms with E-state index in [0.717, 1.165) is 5.56 Å². The molecule has 0 bridgehead atoms. The van der Waals surface area contributed by atoms with Gasteiger partial charge in [0.25, 0.3) is 0 Å². The Hall–Kier alpha value is -2.00. The zero-order chi connectivity index (χ0) is 13.0. The van der Waals surface area contributed by atoms with Crippen molar-refractivity contribution in [1.29, 1.82) is 0 Å². The molecule has 4 heteroatoms. The average Bonchev–Trinajstić information content (AvgIpc) is 2.37. The molecule has 0 saturated carbocycles. The summed E-state index contributed by atoms with van der Waals surface area (Å²) in [5, 5.41) is 9.48. The number of hydrogen-bond acceptors (Lipinski definition) is 2. The molecule has 3 nitrogen and oxygen atoms in total. The number of rotatable bonds is 4. The van der Waals surface area contributed by atoms with Gasteiger partial charge in [-0.2, -0.15) is 0 Å². The maximum atomic E-state index is 10.8. The quantitative estimate of drug-likeness (QED) is 0.915. The number of carboxylic acids is 1. The third-order valence-corrected chi connectivity index (χ3v) is 2.61. The lowest BCUT2D eigenvalue weighted by Gasteiger charge is -2.07. The van der Waals surface area contributed by atoms with Crippen molar-refractivity contribution in [2.24, 2.45) is 0 Å². The van der Waals surface area contributed by atoms with E-state index in [4.69, 9.17) is 21.4 Å². The normalized spacial score (nSPS) is 10.1. The SMILES string of the molecule is O=C(O)c1cccc(COc2cccc(Cl)c2)c1. The van der Waals surface area contributed by atoms with E-state index in [9.17, 15) is 4.79 Å². The summed E-state index contributed by atoms with van der Waals surface area (Å²) in [6.45, 7) is 0.307. The number of ether oxygens (including phenoxy) is 1. The van der Waals surface area contributed by atoms with Crippen molar-refractivity contribution < 1.29 is 14.6 Å². The Bertz CT molecular complexity index is 566. The maximum absolute atomic E-state index is 10.8. The highest BCUT2D eigenvalue weighted by molar-refractivity contribution is 6.30. The van der Waals surface area contributed by atoms with E-state index in [1.54, 1.807) is 42.5 Å². The molecule has 0 aliphatic carbocycles. The molecule has 2 aromatic carbocycles. The summed E-state index contributed by atoms with van der Waals surface area (Å²) in [4.78, 5) is 10.8. The van der Waals surface area contributed by atoms with Crippen molar-refractivity contribution in [2.75, 3.05) is 0 Å². The Labute approximate surface area is 110 Å². The van der Waals surface area contributed by atoms with E-state index < -0.39 is 5.97 Å². The van der Waals surface area contributed by atoms with E-state index >= 15 is 0 Å². The topological polar surface area (TPSA) is 46.5 Å². The summed E-state index contributed by atoms with van der Waals surface area (Å²) in [5.74, 6) is -0.289. The maximum Gasteiger partial charge on any atom is 0.335 e. The Morgan fingerprint density at radius 3 is 2.67 bits per heavy atom. The molecule has 1 N–H and O–H groups in total. The Kier molecular flexibility index (Phi) is 3.85. The Morgan fingerprint density at radius 1 is 1.17 bits per heavy atom.